The van der Waals surface area contributed by atoms with Crippen molar-refractivity contribution in [3.8, 4) is 0 Å². The fourth-order valence-corrected chi connectivity index (χ4v) is 8.50. The highest BCUT2D eigenvalue weighted by molar-refractivity contribution is 7.87. The van der Waals surface area contributed by atoms with Gasteiger partial charge in [0.2, 0.25) is 0 Å². The first kappa shape index (κ1) is 37.6. The molecule has 6 heterocycles. The van der Waals surface area contributed by atoms with Crippen LogP contribution in [0.25, 0.3) is 0 Å². The first-order valence-corrected chi connectivity index (χ1v) is 19.0. The average molecular weight is 747 g/mol. The lowest BCUT2D eigenvalue weighted by Crippen LogP contribution is -2.34. The van der Waals surface area contributed by atoms with Gasteiger partial charge in [0.25, 0.3) is 20.2 Å². The second-order valence-corrected chi connectivity index (χ2v) is 16.0. The summed E-state index contributed by atoms with van der Waals surface area (Å²) >= 11 is 0. The van der Waals surface area contributed by atoms with E-state index in [-0.39, 0.29) is 61.6 Å². The molecule has 0 unspecified atom stereocenters. The fraction of sp³-hybridized carbons (Fsp3) is 0.625. The van der Waals surface area contributed by atoms with Gasteiger partial charge in [0.05, 0.1) is 49.4 Å². The van der Waals surface area contributed by atoms with Gasteiger partial charge < -0.3 is 48.8 Å². The second kappa shape index (κ2) is 15.5. The van der Waals surface area contributed by atoms with Crippen LogP contribution in [0, 0.1) is 13.8 Å². The van der Waals surface area contributed by atoms with E-state index in [9.17, 15) is 27.0 Å². The van der Waals surface area contributed by atoms with Gasteiger partial charge in [-0.2, -0.15) is 16.8 Å². The third-order valence-electron chi connectivity index (χ3n) is 9.08. The zero-order valence-corrected chi connectivity index (χ0v) is 28.9. The summed E-state index contributed by atoms with van der Waals surface area (Å²) in [6.45, 7) is 4.79. The van der Waals surface area contributed by atoms with Crippen molar-refractivity contribution in [2.24, 2.45) is 0 Å². The van der Waals surface area contributed by atoms with E-state index in [1.165, 1.54) is 24.3 Å². The molecule has 0 saturated carbocycles. The first-order chi connectivity index (χ1) is 23.7. The lowest BCUT2D eigenvalue weighted by Gasteiger charge is -2.16. The highest BCUT2D eigenvalue weighted by Crippen LogP contribution is 2.32. The topological polar surface area (TPSA) is 223 Å². The molecule has 4 N–H and O–H groups in total. The molecule has 0 amide bonds. The minimum atomic E-state index is -3.86. The Labute approximate surface area is 290 Å². The Hall–Kier alpha value is -2.14. The highest BCUT2D eigenvalue weighted by Gasteiger charge is 2.51. The van der Waals surface area contributed by atoms with Gasteiger partial charge in [-0.1, -0.05) is 35.4 Å². The number of benzene rings is 2. The summed E-state index contributed by atoms with van der Waals surface area (Å²) in [7, 11) is -7.72. The van der Waals surface area contributed by atoms with Crippen LogP contribution in [0.5, 0.6) is 0 Å². The van der Waals surface area contributed by atoms with Crippen molar-refractivity contribution >= 4 is 20.2 Å². The van der Waals surface area contributed by atoms with Gasteiger partial charge in [-0.3, -0.25) is 8.37 Å². The van der Waals surface area contributed by atoms with Crippen LogP contribution < -0.4 is 0 Å². The third-order valence-corrected chi connectivity index (χ3v) is 11.8. The van der Waals surface area contributed by atoms with Gasteiger partial charge in [0.1, 0.15) is 73.2 Å². The zero-order chi connectivity index (χ0) is 35.8. The molecule has 16 nitrogen and oxygen atoms in total. The minimum Gasteiger partial charge on any atom is -0.388 e. The summed E-state index contributed by atoms with van der Waals surface area (Å²) in [5.74, 6) is 0. The maximum atomic E-state index is 12.2. The van der Waals surface area contributed by atoms with Crippen LogP contribution in [0.15, 0.2) is 58.3 Å². The van der Waals surface area contributed by atoms with E-state index < -0.39 is 81.3 Å². The van der Waals surface area contributed by atoms with E-state index >= 15 is 0 Å². The molecule has 50 heavy (non-hydrogen) atoms. The molecule has 0 radical (unpaired) electrons. The molecule has 2 aromatic rings. The Morgan fingerprint density at radius 2 is 0.720 bits per heavy atom. The van der Waals surface area contributed by atoms with E-state index in [2.05, 4.69) is 0 Å². The van der Waals surface area contributed by atoms with E-state index in [1.54, 1.807) is 24.3 Å². The lowest BCUT2D eigenvalue weighted by molar-refractivity contribution is 0.00205. The van der Waals surface area contributed by atoms with Crippen LogP contribution in [-0.4, -0.2) is 150 Å². The Kier molecular flexibility index (Phi) is 11.6. The third kappa shape index (κ3) is 8.24. The number of fused-ring (bicyclic) bond motifs is 3. The Bertz CT molecular complexity index is 1530. The monoisotopic (exact) mass is 746 g/mol. The molecule has 6 saturated heterocycles. The quantitative estimate of drug-likeness (QED) is 0.259. The normalized spacial score (nSPS) is 37.3. The maximum absolute atomic E-state index is 12.2. The number of aryl methyl sites for hydroxylation is 2. The van der Waals surface area contributed by atoms with E-state index in [4.69, 9.17) is 47.0 Å². The molecule has 0 aromatic heterocycles. The smallest absolute Gasteiger partial charge is 0.297 e. The van der Waals surface area contributed by atoms with Crippen molar-refractivity contribution < 1.29 is 74.0 Å². The largest absolute Gasteiger partial charge is 0.388 e. The van der Waals surface area contributed by atoms with Crippen LogP contribution >= 0.6 is 0 Å². The fourth-order valence-electron chi connectivity index (χ4n) is 6.36. The second-order valence-electron chi connectivity index (χ2n) is 12.9. The Balaban J connectivity index is 0.000000137. The summed E-state index contributed by atoms with van der Waals surface area (Å²) in [5.41, 5.74) is 1.94. The molecule has 8 rings (SSSR count). The average Bonchev–Trinajstić information content (AvgIpc) is 3.92. The molecule has 18 heteroatoms. The van der Waals surface area contributed by atoms with Gasteiger partial charge in [-0.05, 0) is 38.1 Å². The summed E-state index contributed by atoms with van der Waals surface area (Å²) in [4.78, 5) is 0.204. The molecule has 6 fully saturated rings. The standard InChI is InChI=1S/2C13H16O6S.C6H10O4/c2*1-8-2-4-9(5-3-8)20(15,16)19-11-7-18-12-10(14)6-17-13(11)12;7-3-1-9-6-4(8)2-10-5(3)6/h2*2-5,10-14H,6-7H2,1H3;3-8H,1-2H2/t10-,11+,12+,13+;10-,11+,12-,13-;3-,4+,5-,6-/m011/s1. The van der Waals surface area contributed by atoms with Gasteiger partial charge in [0, 0.05) is 0 Å². The summed E-state index contributed by atoms with van der Waals surface area (Å²) in [5, 5.41) is 37.5. The van der Waals surface area contributed by atoms with Gasteiger partial charge >= 0.3 is 0 Å². The summed E-state index contributed by atoms with van der Waals surface area (Å²) in [6.07, 6.45) is -6.68. The Morgan fingerprint density at radius 3 is 1.04 bits per heavy atom. The summed E-state index contributed by atoms with van der Waals surface area (Å²) in [6, 6.07) is 12.8. The van der Waals surface area contributed by atoms with Gasteiger partial charge in [-0.25, -0.2) is 0 Å². The molecule has 2 aromatic carbocycles. The first-order valence-electron chi connectivity index (χ1n) is 16.2. The lowest BCUT2D eigenvalue weighted by atomic mass is 10.1. The van der Waals surface area contributed by atoms with Crippen LogP contribution in [-0.2, 0) is 57.0 Å². The predicted octanol–water partition coefficient (Wildman–Crippen LogP) is -1.04. The van der Waals surface area contributed by atoms with E-state index in [0.29, 0.717) is 0 Å². The van der Waals surface area contributed by atoms with Gasteiger partial charge in [0.15, 0.2) is 0 Å². The summed E-state index contributed by atoms with van der Waals surface area (Å²) < 4.78 is 90.6. The number of hydrogen-bond donors (Lipinski definition) is 4. The molecule has 0 bridgehead atoms. The molecule has 12 atom stereocenters. The van der Waals surface area contributed by atoms with E-state index in [1.807, 2.05) is 13.8 Å². The van der Waals surface area contributed by atoms with Crippen molar-refractivity contribution in [1.82, 2.24) is 0 Å². The number of rotatable bonds is 6. The minimum absolute atomic E-state index is 0.0947. The molecule has 0 spiro atoms. The number of aliphatic hydroxyl groups excluding tert-OH is 4. The van der Waals surface area contributed by atoms with Crippen molar-refractivity contribution in [1.29, 1.82) is 0 Å². The van der Waals surface area contributed by atoms with Crippen molar-refractivity contribution in [2.45, 2.75) is 96.9 Å². The SMILES string of the molecule is Cc1ccc(S(=O)(=O)O[C@@H]2CO[C@H]3[C@@H]2OC[C@@H]3O)cc1.Cc1ccc(S(=O)(=O)O[C@H]2CO[C@H]3[C@@H]2OC[C@H]3O)cc1.O[C@@H]1CO[C@H]2[C@@H]1OC[C@@H]2O. The van der Waals surface area contributed by atoms with Crippen LogP contribution in [0.1, 0.15) is 11.1 Å². The molecular formula is C32H42O16S2. The number of aliphatic hydroxyl groups is 4. The zero-order valence-electron chi connectivity index (χ0n) is 27.3. The number of hydrogen-bond acceptors (Lipinski definition) is 16. The molecular weight excluding hydrogens is 704 g/mol. The van der Waals surface area contributed by atoms with Crippen LogP contribution in [0.4, 0.5) is 0 Å². The van der Waals surface area contributed by atoms with Crippen LogP contribution in [0.2, 0.25) is 0 Å². The maximum Gasteiger partial charge on any atom is 0.297 e. The van der Waals surface area contributed by atoms with E-state index in [0.717, 1.165) is 11.1 Å². The van der Waals surface area contributed by atoms with Crippen LogP contribution in [0.3, 0.4) is 0 Å². The number of ether oxygens (including phenoxy) is 6. The van der Waals surface area contributed by atoms with Gasteiger partial charge in [-0.15, -0.1) is 0 Å². The molecule has 278 valence electrons. The predicted molar refractivity (Wildman–Crippen MR) is 169 cm³/mol. The van der Waals surface area contributed by atoms with Crippen molar-refractivity contribution in [2.75, 3.05) is 39.6 Å². The van der Waals surface area contributed by atoms with Crippen molar-refractivity contribution in [3.05, 3.63) is 59.7 Å². The molecule has 6 aliphatic rings. The Morgan fingerprint density at radius 1 is 0.460 bits per heavy atom. The highest BCUT2D eigenvalue weighted by atomic mass is 32.2. The molecule has 6 aliphatic heterocycles. The molecule has 0 aliphatic carbocycles. The van der Waals surface area contributed by atoms with Crippen molar-refractivity contribution in [3.63, 3.8) is 0 Å².